The highest BCUT2D eigenvalue weighted by atomic mass is 16.5. The molecule has 0 bridgehead atoms. The molecule has 0 spiro atoms. The lowest BCUT2D eigenvalue weighted by Gasteiger charge is -2.35. The third-order valence-electron chi connectivity index (χ3n) is 4.08. The van der Waals surface area contributed by atoms with E-state index in [1.165, 1.54) is 0 Å². The van der Waals surface area contributed by atoms with Gasteiger partial charge in [0.25, 0.3) is 0 Å². The summed E-state index contributed by atoms with van der Waals surface area (Å²) in [5.41, 5.74) is 1.70. The van der Waals surface area contributed by atoms with Crippen molar-refractivity contribution in [2.75, 3.05) is 32.1 Å². The second-order valence-electron chi connectivity index (χ2n) is 5.56. The Morgan fingerprint density at radius 3 is 2.81 bits per heavy atom. The first-order valence-electron chi connectivity index (χ1n) is 7.13. The van der Waals surface area contributed by atoms with Gasteiger partial charge in [0, 0.05) is 12.8 Å². The summed E-state index contributed by atoms with van der Waals surface area (Å²) in [5.74, 6) is -0.0240. The van der Waals surface area contributed by atoms with Crippen LogP contribution in [0.5, 0.6) is 0 Å². The maximum Gasteiger partial charge on any atom is 0.233 e. The summed E-state index contributed by atoms with van der Waals surface area (Å²) in [4.78, 5) is 12.7. The van der Waals surface area contributed by atoms with Gasteiger partial charge in [0.05, 0.1) is 23.7 Å². The molecule has 1 amide bonds. The molecule has 0 aliphatic carbocycles. The van der Waals surface area contributed by atoms with Gasteiger partial charge in [-0.1, -0.05) is 6.07 Å². The van der Waals surface area contributed by atoms with E-state index in [0.29, 0.717) is 17.9 Å². The van der Waals surface area contributed by atoms with Crippen LogP contribution in [0.15, 0.2) is 18.2 Å². The quantitative estimate of drug-likeness (QED) is 0.886. The summed E-state index contributed by atoms with van der Waals surface area (Å²) in [6.45, 7) is 3.96. The molecule has 1 aromatic carbocycles. The Morgan fingerprint density at radius 2 is 2.19 bits per heavy atom. The Kier molecular flexibility index (Phi) is 4.94. The minimum absolute atomic E-state index is 0.0240. The molecule has 1 aliphatic heterocycles. The minimum atomic E-state index is -0.491. The molecule has 0 aromatic heterocycles. The first-order valence-corrected chi connectivity index (χ1v) is 7.13. The molecule has 1 aliphatic rings. The van der Waals surface area contributed by atoms with Gasteiger partial charge < -0.3 is 15.4 Å². The maximum absolute atomic E-state index is 12.7. The second kappa shape index (κ2) is 6.70. The number of carbonyl (C=O) groups is 1. The molecular formula is C16H21N3O2. The number of nitrogens with zero attached hydrogens (tertiary/aromatic N) is 1. The van der Waals surface area contributed by atoms with Crippen molar-refractivity contribution < 1.29 is 9.53 Å². The van der Waals surface area contributed by atoms with Gasteiger partial charge in [0.2, 0.25) is 5.91 Å². The molecule has 2 N–H and O–H groups in total. The number of rotatable bonds is 4. The average molecular weight is 287 g/mol. The van der Waals surface area contributed by atoms with Crippen LogP contribution in [0.4, 0.5) is 5.69 Å². The van der Waals surface area contributed by atoms with E-state index in [-0.39, 0.29) is 5.91 Å². The predicted molar refractivity (Wildman–Crippen MR) is 80.9 cm³/mol. The van der Waals surface area contributed by atoms with Crippen LogP contribution in [0.1, 0.15) is 24.0 Å². The lowest BCUT2D eigenvalue weighted by molar-refractivity contribution is -0.130. The fraction of sp³-hybridized carbons (Fsp3) is 0.500. The molecule has 1 fully saturated rings. The molecular weight excluding hydrogens is 266 g/mol. The first-order chi connectivity index (χ1) is 10.1. The van der Waals surface area contributed by atoms with Gasteiger partial charge in [0.15, 0.2) is 0 Å². The summed E-state index contributed by atoms with van der Waals surface area (Å²) in [7, 11) is 1.62. The van der Waals surface area contributed by atoms with Crippen LogP contribution < -0.4 is 10.6 Å². The van der Waals surface area contributed by atoms with E-state index < -0.39 is 5.41 Å². The molecule has 5 heteroatoms. The third kappa shape index (κ3) is 3.41. The second-order valence-corrected chi connectivity index (χ2v) is 5.56. The SMILES string of the molecule is COCC1(C(=O)Nc2cc(C#N)ccc2C)CCNCC1. The Bertz CT molecular complexity index is 552. The lowest BCUT2D eigenvalue weighted by atomic mass is 9.78. The number of anilines is 1. The fourth-order valence-electron chi connectivity index (χ4n) is 2.70. The van der Waals surface area contributed by atoms with E-state index in [9.17, 15) is 4.79 Å². The normalized spacial score (nSPS) is 17.0. The molecule has 21 heavy (non-hydrogen) atoms. The first kappa shape index (κ1) is 15.5. The average Bonchev–Trinajstić information content (AvgIpc) is 2.50. The molecule has 1 heterocycles. The number of piperidine rings is 1. The van der Waals surface area contributed by atoms with E-state index in [0.717, 1.165) is 31.5 Å². The number of ether oxygens (including phenoxy) is 1. The van der Waals surface area contributed by atoms with Crippen LogP contribution >= 0.6 is 0 Å². The fourth-order valence-corrected chi connectivity index (χ4v) is 2.70. The zero-order chi connectivity index (χ0) is 15.3. The number of amides is 1. The summed E-state index contributed by atoms with van der Waals surface area (Å²) in [6.07, 6.45) is 1.51. The topological polar surface area (TPSA) is 74.1 Å². The molecule has 5 nitrogen and oxygen atoms in total. The number of carbonyl (C=O) groups excluding carboxylic acids is 1. The smallest absolute Gasteiger partial charge is 0.233 e. The predicted octanol–water partition coefficient (Wildman–Crippen LogP) is 1.82. The Morgan fingerprint density at radius 1 is 1.48 bits per heavy atom. The van der Waals surface area contributed by atoms with Gasteiger partial charge >= 0.3 is 0 Å². The van der Waals surface area contributed by atoms with E-state index in [4.69, 9.17) is 10.00 Å². The zero-order valence-corrected chi connectivity index (χ0v) is 12.5. The van der Waals surface area contributed by atoms with Crippen LogP contribution in [-0.2, 0) is 9.53 Å². The molecule has 0 saturated carbocycles. The van der Waals surface area contributed by atoms with Crippen molar-refractivity contribution in [3.63, 3.8) is 0 Å². The minimum Gasteiger partial charge on any atom is -0.384 e. The van der Waals surface area contributed by atoms with Crippen LogP contribution in [-0.4, -0.2) is 32.7 Å². The number of nitrogens with one attached hydrogen (secondary N) is 2. The van der Waals surface area contributed by atoms with Crippen LogP contribution in [0.2, 0.25) is 0 Å². The molecule has 1 saturated heterocycles. The van der Waals surface area contributed by atoms with Gasteiger partial charge in [-0.25, -0.2) is 0 Å². The number of hydrogen-bond donors (Lipinski definition) is 2. The van der Waals surface area contributed by atoms with Gasteiger partial charge in [-0.15, -0.1) is 0 Å². The third-order valence-corrected chi connectivity index (χ3v) is 4.08. The molecule has 0 atom stereocenters. The summed E-state index contributed by atoms with van der Waals surface area (Å²) >= 11 is 0. The molecule has 112 valence electrons. The van der Waals surface area contributed by atoms with Crippen molar-refractivity contribution in [3.05, 3.63) is 29.3 Å². The van der Waals surface area contributed by atoms with E-state index in [1.807, 2.05) is 13.0 Å². The number of methoxy groups -OCH3 is 1. The number of nitriles is 1. The molecule has 0 unspecified atom stereocenters. The van der Waals surface area contributed by atoms with Crippen molar-refractivity contribution in [2.24, 2.45) is 5.41 Å². The summed E-state index contributed by atoms with van der Waals surface area (Å²) in [6, 6.07) is 7.41. The van der Waals surface area contributed by atoms with Crippen molar-refractivity contribution in [1.82, 2.24) is 5.32 Å². The number of hydrogen-bond acceptors (Lipinski definition) is 4. The standard InChI is InChI=1S/C16H21N3O2/c1-12-3-4-13(10-17)9-14(12)19-15(20)16(11-21-2)5-7-18-8-6-16/h3-4,9,18H,5-8,11H2,1-2H3,(H,19,20). The Hall–Kier alpha value is -1.90. The Balaban J connectivity index is 2.21. The monoisotopic (exact) mass is 287 g/mol. The summed E-state index contributed by atoms with van der Waals surface area (Å²) in [5, 5.41) is 15.2. The molecule has 2 rings (SSSR count). The number of aryl methyl sites for hydroxylation is 1. The maximum atomic E-state index is 12.7. The van der Waals surface area contributed by atoms with Crippen LogP contribution in [0, 0.1) is 23.7 Å². The Labute approximate surface area is 125 Å². The highest BCUT2D eigenvalue weighted by Gasteiger charge is 2.39. The summed E-state index contributed by atoms with van der Waals surface area (Å²) < 4.78 is 5.28. The van der Waals surface area contributed by atoms with Crippen LogP contribution in [0.3, 0.4) is 0 Å². The highest BCUT2D eigenvalue weighted by molar-refractivity contribution is 5.96. The van der Waals surface area contributed by atoms with E-state index in [1.54, 1.807) is 19.2 Å². The van der Waals surface area contributed by atoms with Crippen LogP contribution in [0.25, 0.3) is 0 Å². The van der Waals surface area contributed by atoms with Gasteiger partial charge in [-0.2, -0.15) is 5.26 Å². The van der Waals surface area contributed by atoms with Gasteiger partial charge in [0.1, 0.15) is 0 Å². The number of benzene rings is 1. The molecule has 1 aromatic rings. The van der Waals surface area contributed by atoms with Gasteiger partial charge in [-0.05, 0) is 50.6 Å². The van der Waals surface area contributed by atoms with Gasteiger partial charge in [-0.3, -0.25) is 4.79 Å². The van der Waals surface area contributed by atoms with Crippen molar-refractivity contribution in [3.8, 4) is 6.07 Å². The van der Waals surface area contributed by atoms with Crippen molar-refractivity contribution in [1.29, 1.82) is 5.26 Å². The molecule has 0 radical (unpaired) electrons. The largest absolute Gasteiger partial charge is 0.384 e. The van der Waals surface area contributed by atoms with E-state index in [2.05, 4.69) is 16.7 Å². The zero-order valence-electron chi connectivity index (χ0n) is 12.5. The lowest BCUT2D eigenvalue weighted by Crippen LogP contribution is -2.47. The van der Waals surface area contributed by atoms with Crippen molar-refractivity contribution >= 4 is 11.6 Å². The van der Waals surface area contributed by atoms with Crippen molar-refractivity contribution in [2.45, 2.75) is 19.8 Å². The van der Waals surface area contributed by atoms with E-state index >= 15 is 0 Å². The highest BCUT2D eigenvalue weighted by Crippen LogP contribution is 2.31.